The van der Waals surface area contributed by atoms with Crippen molar-refractivity contribution in [3.8, 4) is 0 Å². The van der Waals surface area contributed by atoms with Crippen LogP contribution < -0.4 is 10.6 Å². The smallest absolute Gasteiger partial charge is 0.234 e. The van der Waals surface area contributed by atoms with Crippen LogP contribution in [0.2, 0.25) is 0 Å². The molecule has 0 spiro atoms. The molecule has 0 radical (unpaired) electrons. The minimum atomic E-state index is 0.0536. The number of nitrogens with zero attached hydrogens (tertiary/aromatic N) is 3. The SMILES string of the molecule is CCNC(=NCC(OC)C(C)(C)C)N1CCN(CC(=O)NC(C)C)CC1. The maximum absolute atomic E-state index is 11.9. The number of nitrogens with one attached hydrogen (secondary N) is 2. The highest BCUT2D eigenvalue weighted by molar-refractivity contribution is 5.80. The summed E-state index contributed by atoms with van der Waals surface area (Å²) in [5.74, 6) is 1.03. The maximum Gasteiger partial charge on any atom is 0.234 e. The molecule has 1 unspecified atom stereocenters. The Morgan fingerprint density at radius 2 is 1.81 bits per heavy atom. The average molecular weight is 370 g/mol. The number of hydrogen-bond acceptors (Lipinski definition) is 4. The first-order chi connectivity index (χ1) is 12.2. The molecular weight excluding hydrogens is 330 g/mol. The fraction of sp³-hybridized carbons (Fsp3) is 0.895. The van der Waals surface area contributed by atoms with Crippen LogP contribution in [0.1, 0.15) is 41.5 Å². The molecule has 1 heterocycles. The molecule has 0 aliphatic carbocycles. The van der Waals surface area contributed by atoms with E-state index in [2.05, 4.69) is 48.1 Å². The summed E-state index contributed by atoms with van der Waals surface area (Å²) in [7, 11) is 1.75. The molecule has 0 bridgehead atoms. The largest absolute Gasteiger partial charge is 0.379 e. The van der Waals surface area contributed by atoms with Gasteiger partial charge in [0.25, 0.3) is 0 Å². The van der Waals surface area contributed by atoms with Gasteiger partial charge in [-0.2, -0.15) is 0 Å². The highest BCUT2D eigenvalue weighted by Crippen LogP contribution is 2.22. The van der Waals surface area contributed by atoms with Gasteiger partial charge in [-0.3, -0.25) is 14.7 Å². The van der Waals surface area contributed by atoms with Crippen LogP contribution in [-0.4, -0.2) is 86.7 Å². The van der Waals surface area contributed by atoms with E-state index >= 15 is 0 Å². The Morgan fingerprint density at radius 3 is 2.27 bits per heavy atom. The molecule has 1 rings (SSSR count). The first kappa shape index (κ1) is 22.7. The van der Waals surface area contributed by atoms with Crippen LogP contribution in [0, 0.1) is 5.41 Å². The van der Waals surface area contributed by atoms with Gasteiger partial charge in [0.1, 0.15) is 0 Å². The summed E-state index contributed by atoms with van der Waals surface area (Å²) in [6.07, 6.45) is 0.0807. The second kappa shape index (κ2) is 10.7. The van der Waals surface area contributed by atoms with E-state index in [1.807, 2.05) is 13.8 Å². The van der Waals surface area contributed by atoms with Gasteiger partial charge in [0.2, 0.25) is 5.91 Å². The second-order valence-corrected chi connectivity index (χ2v) is 8.27. The molecule has 1 atom stereocenters. The molecule has 7 nitrogen and oxygen atoms in total. The van der Waals surface area contributed by atoms with Crippen LogP contribution in [-0.2, 0) is 9.53 Å². The van der Waals surface area contributed by atoms with E-state index in [1.54, 1.807) is 7.11 Å². The van der Waals surface area contributed by atoms with Crippen LogP contribution in [0.15, 0.2) is 4.99 Å². The summed E-state index contributed by atoms with van der Waals surface area (Å²) in [5, 5.41) is 6.34. The van der Waals surface area contributed by atoms with Gasteiger partial charge in [0, 0.05) is 45.9 Å². The highest BCUT2D eigenvalue weighted by Gasteiger charge is 2.25. The number of ether oxygens (including phenoxy) is 1. The first-order valence-corrected chi connectivity index (χ1v) is 9.75. The van der Waals surface area contributed by atoms with E-state index in [-0.39, 0.29) is 23.5 Å². The molecule has 0 aromatic rings. The van der Waals surface area contributed by atoms with Gasteiger partial charge >= 0.3 is 0 Å². The number of guanidine groups is 1. The number of aliphatic imine (C=N–C) groups is 1. The zero-order valence-corrected chi connectivity index (χ0v) is 17.8. The first-order valence-electron chi connectivity index (χ1n) is 9.75. The van der Waals surface area contributed by atoms with Crippen molar-refractivity contribution in [2.75, 3.05) is 52.9 Å². The van der Waals surface area contributed by atoms with E-state index in [0.717, 1.165) is 38.7 Å². The summed E-state index contributed by atoms with van der Waals surface area (Å²) in [5.41, 5.74) is 0.0536. The van der Waals surface area contributed by atoms with Gasteiger partial charge in [-0.15, -0.1) is 0 Å². The molecule has 0 aromatic heterocycles. The number of hydrogen-bond donors (Lipinski definition) is 2. The van der Waals surface area contributed by atoms with Crippen molar-refractivity contribution in [2.45, 2.75) is 53.7 Å². The molecule has 7 heteroatoms. The number of amides is 1. The van der Waals surface area contributed by atoms with Crippen LogP contribution in [0.5, 0.6) is 0 Å². The topological polar surface area (TPSA) is 69.2 Å². The lowest BCUT2D eigenvalue weighted by molar-refractivity contribution is -0.123. The monoisotopic (exact) mass is 369 g/mol. The van der Waals surface area contributed by atoms with Crippen molar-refractivity contribution in [2.24, 2.45) is 10.4 Å². The number of piperazine rings is 1. The summed E-state index contributed by atoms with van der Waals surface area (Å²) in [6.45, 7) is 18.0. The normalized spacial score (nSPS) is 18.2. The van der Waals surface area contributed by atoms with Crippen molar-refractivity contribution in [1.29, 1.82) is 0 Å². The lowest BCUT2D eigenvalue weighted by atomic mass is 9.89. The van der Waals surface area contributed by atoms with Crippen molar-refractivity contribution in [3.63, 3.8) is 0 Å². The van der Waals surface area contributed by atoms with E-state index < -0.39 is 0 Å². The Hall–Kier alpha value is -1.34. The predicted octanol–water partition coefficient (Wildman–Crippen LogP) is 1.16. The number of carbonyl (C=O) groups excluding carboxylic acids is 1. The Morgan fingerprint density at radius 1 is 1.19 bits per heavy atom. The predicted molar refractivity (Wildman–Crippen MR) is 108 cm³/mol. The van der Waals surface area contributed by atoms with Gasteiger partial charge in [-0.05, 0) is 26.2 Å². The third-order valence-corrected chi connectivity index (χ3v) is 4.48. The van der Waals surface area contributed by atoms with Crippen molar-refractivity contribution < 1.29 is 9.53 Å². The zero-order chi connectivity index (χ0) is 19.7. The van der Waals surface area contributed by atoms with E-state index in [0.29, 0.717) is 13.1 Å². The van der Waals surface area contributed by atoms with Crippen LogP contribution in [0.3, 0.4) is 0 Å². The number of methoxy groups -OCH3 is 1. The van der Waals surface area contributed by atoms with Crippen molar-refractivity contribution in [3.05, 3.63) is 0 Å². The van der Waals surface area contributed by atoms with E-state index in [1.165, 1.54) is 0 Å². The molecule has 152 valence electrons. The molecule has 0 aromatic carbocycles. The van der Waals surface area contributed by atoms with Gasteiger partial charge in [-0.1, -0.05) is 20.8 Å². The van der Waals surface area contributed by atoms with Gasteiger partial charge in [0.15, 0.2) is 5.96 Å². The van der Waals surface area contributed by atoms with Crippen molar-refractivity contribution >= 4 is 11.9 Å². The summed E-state index contributed by atoms with van der Waals surface area (Å²) < 4.78 is 5.62. The zero-order valence-electron chi connectivity index (χ0n) is 17.8. The minimum Gasteiger partial charge on any atom is -0.379 e. The fourth-order valence-corrected chi connectivity index (χ4v) is 2.99. The van der Waals surface area contributed by atoms with Gasteiger partial charge < -0.3 is 20.3 Å². The number of carbonyl (C=O) groups is 1. The molecule has 0 saturated carbocycles. The molecule has 1 saturated heterocycles. The van der Waals surface area contributed by atoms with E-state index in [9.17, 15) is 4.79 Å². The standard InChI is InChI=1S/C19H39N5O2/c1-8-20-18(21-13-16(26-7)19(4,5)6)24-11-9-23(10-12-24)14-17(25)22-15(2)3/h15-16H,8-14H2,1-7H3,(H,20,21)(H,22,25). The van der Waals surface area contributed by atoms with Crippen LogP contribution >= 0.6 is 0 Å². The Bertz CT molecular complexity index is 451. The minimum absolute atomic E-state index is 0.0536. The lowest BCUT2D eigenvalue weighted by Gasteiger charge is -2.36. The third-order valence-electron chi connectivity index (χ3n) is 4.48. The Balaban J connectivity index is 2.59. The summed E-state index contributed by atoms with van der Waals surface area (Å²) in [6, 6.07) is 0.188. The second-order valence-electron chi connectivity index (χ2n) is 8.27. The summed E-state index contributed by atoms with van der Waals surface area (Å²) in [4.78, 5) is 21.2. The number of rotatable bonds is 7. The Kier molecular flexibility index (Phi) is 9.36. The van der Waals surface area contributed by atoms with Crippen LogP contribution in [0.4, 0.5) is 0 Å². The molecule has 1 fully saturated rings. The molecule has 1 amide bonds. The summed E-state index contributed by atoms with van der Waals surface area (Å²) >= 11 is 0. The molecule has 1 aliphatic rings. The van der Waals surface area contributed by atoms with E-state index in [4.69, 9.17) is 9.73 Å². The fourth-order valence-electron chi connectivity index (χ4n) is 2.99. The van der Waals surface area contributed by atoms with Gasteiger partial charge in [-0.25, -0.2) is 0 Å². The lowest BCUT2D eigenvalue weighted by Crippen LogP contribution is -2.54. The van der Waals surface area contributed by atoms with Gasteiger partial charge in [0.05, 0.1) is 19.2 Å². The van der Waals surface area contributed by atoms with Crippen molar-refractivity contribution in [1.82, 2.24) is 20.4 Å². The van der Waals surface area contributed by atoms with Crippen LogP contribution in [0.25, 0.3) is 0 Å². The molecular formula is C19H39N5O2. The third kappa shape index (κ3) is 7.91. The Labute approximate surface area is 159 Å². The molecule has 1 aliphatic heterocycles. The maximum atomic E-state index is 11.9. The molecule has 26 heavy (non-hydrogen) atoms. The average Bonchev–Trinajstić information content (AvgIpc) is 2.53. The highest BCUT2D eigenvalue weighted by atomic mass is 16.5. The molecule has 2 N–H and O–H groups in total. The quantitative estimate of drug-likeness (QED) is 0.521.